The van der Waals surface area contributed by atoms with Gasteiger partial charge in [0.25, 0.3) is 0 Å². The van der Waals surface area contributed by atoms with Crippen molar-refractivity contribution in [3.8, 4) is 0 Å². The summed E-state index contributed by atoms with van der Waals surface area (Å²) in [5, 5.41) is 1.87. The lowest BCUT2D eigenvalue weighted by molar-refractivity contribution is 0.104. The first-order chi connectivity index (χ1) is 7.59. The van der Waals surface area contributed by atoms with Gasteiger partial charge in [0.15, 0.2) is 0 Å². The van der Waals surface area contributed by atoms with Gasteiger partial charge in [-0.1, -0.05) is 15.9 Å². The van der Waals surface area contributed by atoms with E-state index in [9.17, 15) is 4.79 Å². The first-order valence-corrected chi connectivity index (χ1v) is 6.89. The minimum absolute atomic E-state index is 0.0492. The molecule has 1 aromatic heterocycles. The summed E-state index contributed by atoms with van der Waals surface area (Å²) in [6.45, 7) is 0. The number of nitrogen functional groups attached to an aromatic ring is 1. The van der Waals surface area contributed by atoms with Crippen LogP contribution in [0.5, 0.6) is 0 Å². The van der Waals surface area contributed by atoms with Gasteiger partial charge in [-0.25, -0.2) is 0 Å². The SMILES string of the molecule is Nc1cc(Br)ccc1C(=O)c1sccc1Br. The van der Waals surface area contributed by atoms with E-state index in [4.69, 9.17) is 5.73 Å². The molecule has 0 amide bonds. The van der Waals surface area contributed by atoms with Gasteiger partial charge in [-0.2, -0.15) is 0 Å². The molecule has 16 heavy (non-hydrogen) atoms. The number of thiophene rings is 1. The summed E-state index contributed by atoms with van der Waals surface area (Å²) in [6, 6.07) is 7.13. The predicted molar refractivity (Wildman–Crippen MR) is 74.0 cm³/mol. The van der Waals surface area contributed by atoms with Crippen LogP contribution in [0.25, 0.3) is 0 Å². The molecule has 0 atom stereocenters. The van der Waals surface area contributed by atoms with Gasteiger partial charge < -0.3 is 5.73 Å². The van der Waals surface area contributed by atoms with Crippen LogP contribution >= 0.6 is 43.2 Å². The number of hydrogen-bond acceptors (Lipinski definition) is 3. The van der Waals surface area contributed by atoms with Crippen LogP contribution in [0.3, 0.4) is 0 Å². The number of nitrogens with two attached hydrogens (primary N) is 1. The third kappa shape index (κ3) is 2.21. The molecule has 1 aromatic carbocycles. The summed E-state index contributed by atoms with van der Waals surface area (Å²) in [4.78, 5) is 12.8. The Bertz CT molecular complexity index is 551. The Kier molecular flexibility index (Phi) is 3.47. The summed E-state index contributed by atoms with van der Waals surface area (Å²) in [5.41, 5.74) is 6.84. The summed E-state index contributed by atoms with van der Waals surface area (Å²) in [7, 11) is 0. The molecule has 0 radical (unpaired) electrons. The number of benzene rings is 1. The molecule has 0 saturated carbocycles. The molecule has 0 spiro atoms. The third-order valence-electron chi connectivity index (χ3n) is 2.08. The first-order valence-electron chi connectivity index (χ1n) is 4.42. The Balaban J connectivity index is 2.46. The van der Waals surface area contributed by atoms with Crippen molar-refractivity contribution in [3.05, 3.63) is 49.0 Å². The van der Waals surface area contributed by atoms with Crippen molar-refractivity contribution in [1.82, 2.24) is 0 Å². The van der Waals surface area contributed by atoms with E-state index < -0.39 is 0 Å². The zero-order valence-corrected chi connectivity index (χ0v) is 12.0. The molecule has 2 nitrogen and oxygen atoms in total. The molecule has 0 aliphatic carbocycles. The molecule has 2 aromatic rings. The lowest BCUT2D eigenvalue weighted by Gasteiger charge is -2.04. The molecular formula is C11H7Br2NOS. The number of anilines is 1. The Hall–Kier alpha value is -0.650. The third-order valence-corrected chi connectivity index (χ3v) is 4.41. The minimum Gasteiger partial charge on any atom is -0.398 e. The van der Waals surface area contributed by atoms with Gasteiger partial charge in [0, 0.05) is 20.2 Å². The second kappa shape index (κ2) is 4.69. The van der Waals surface area contributed by atoms with Crippen LogP contribution in [0.2, 0.25) is 0 Å². The molecule has 2 N–H and O–H groups in total. The highest BCUT2D eigenvalue weighted by molar-refractivity contribution is 9.10. The first kappa shape index (κ1) is 11.8. The molecule has 0 aliphatic heterocycles. The molecule has 0 bridgehead atoms. The molecule has 0 fully saturated rings. The molecule has 1 heterocycles. The van der Waals surface area contributed by atoms with E-state index in [1.807, 2.05) is 17.5 Å². The van der Waals surface area contributed by atoms with Gasteiger partial charge in [-0.3, -0.25) is 4.79 Å². The van der Waals surface area contributed by atoms with Crippen molar-refractivity contribution in [3.63, 3.8) is 0 Å². The fraction of sp³-hybridized carbons (Fsp3) is 0. The molecule has 0 saturated heterocycles. The Labute approximate surface area is 114 Å². The lowest BCUT2D eigenvalue weighted by Crippen LogP contribution is -2.04. The van der Waals surface area contributed by atoms with Crippen molar-refractivity contribution >= 4 is 54.7 Å². The fourth-order valence-corrected chi connectivity index (χ4v) is 3.20. The molecule has 0 aliphatic rings. The summed E-state index contributed by atoms with van der Waals surface area (Å²) in [5.74, 6) is -0.0492. The van der Waals surface area contributed by atoms with Crippen molar-refractivity contribution in [1.29, 1.82) is 0 Å². The number of halogens is 2. The number of carbonyl (C=O) groups excluding carboxylic acids is 1. The van der Waals surface area contributed by atoms with E-state index in [0.717, 1.165) is 8.95 Å². The van der Waals surface area contributed by atoms with Crippen LogP contribution < -0.4 is 5.73 Å². The Morgan fingerprint density at radius 1 is 1.25 bits per heavy atom. The van der Waals surface area contributed by atoms with Gasteiger partial charge in [0.1, 0.15) is 0 Å². The fourth-order valence-electron chi connectivity index (χ4n) is 1.32. The maximum Gasteiger partial charge on any atom is 0.206 e. The number of rotatable bonds is 2. The van der Waals surface area contributed by atoms with E-state index in [0.29, 0.717) is 16.1 Å². The second-order valence-electron chi connectivity index (χ2n) is 3.16. The monoisotopic (exact) mass is 359 g/mol. The number of hydrogen-bond donors (Lipinski definition) is 1. The Morgan fingerprint density at radius 3 is 2.56 bits per heavy atom. The van der Waals surface area contributed by atoms with Gasteiger partial charge in [-0.15, -0.1) is 11.3 Å². The topological polar surface area (TPSA) is 43.1 Å². The van der Waals surface area contributed by atoms with Gasteiger partial charge in [0.05, 0.1) is 4.88 Å². The molecule has 82 valence electrons. The second-order valence-corrected chi connectivity index (χ2v) is 5.84. The van der Waals surface area contributed by atoms with Gasteiger partial charge >= 0.3 is 0 Å². The average Bonchev–Trinajstić information content (AvgIpc) is 2.63. The maximum atomic E-state index is 12.1. The van der Waals surface area contributed by atoms with E-state index in [2.05, 4.69) is 31.9 Å². The highest BCUT2D eigenvalue weighted by Gasteiger charge is 2.16. The highest BCUT2D eigenvalue weighted by atomic mass is 79.9. The highest BCUT2D eigenvalue weighted by Crippen LogP contribution is 2.28. The molecular weight excluding hydrogens is 354 g/mol. The minimum atomic E-state index is -0.0492. The van der Waals surface area contributed by atoms with Crippen molar-refractivity contribution < 1.29 is 4.79 Å². The van der Waals surface area contributed by atoms with Crippen molar-refractivity contribution in [2.24, 2.45) is 0 Å². The average molecular weight is 361 g/mol. The lowest BCUT2D eigenvalue weighted by atomic mass is 10.1. The van der Waals surface area contributed by atoms with E-state index in [1.165, 1.54) is 11.3 Å². The van der Waals surface area contributed by atoms with Crippen LogP contribution in [-0.2, 0) is 0 Å². The summed E-state index contributed by atoms with van der Waals surface area (Å²) >= 11 is 8.06. The van der Waals surface area contributed by atoms with Crippen LogP contribution in [0, 0.1) is 0 Å². The number of ketones is 1. The van der Waals surface area contributed by atoms with E-state index >= 15 is 0 Å². The summed E-state index contributed by atoms with van der Waals surface area (Å²) in [6.07, 6.45) is 0. The molecule has 5 heteroatoms. The number of carbonyl (C=O) groups is 1. The van der Waals surface area contributed by atoms with E-state index in [-0.39, 0.29) is 5.78 Å². The Morgan fingerprint density at radius 2 is 2.00 bits per heavy atom. The smallest absolute Gasteiger partial charge is 0.206 e. The van der Waals surface area contributed by atoms with Gasteiger partial charge in [-0.05, 0) is 45.6 Å². The zero-order valence-electron chi connectivity index (χ0n) is 8.04. The maximum absolute atomic E-state index is 12.1. The largest absolute Gasteiger partial charge is 0.398 e. The zero-order chi connectivity index (χ0) is 11.7. The van der Waals surface area contributed by atoms with Crippen molar-refractivity contribution in [2.45, 2.75) is 0 Å². The predicted octanol–water partition coefficient (Wildman–Crippen LogP) is 4.09. The van der Waals surface area contributed by atoms with Crippen LogP contribution in [-0.4, -0.2) is 5.78 Å². The van der Waals surface area contributed by atoms with Crippen LogP contribution in [0.15, 0.2) is 38.6 Å². The van der Waals surface area contributed by atoms with Crippen LogP contribution in [0.1, 0.15) is 15.2 Å². The van der Waals surface area contributed by atoms with Crippen LogP contribution in [0.4, 0.5) is 5.69 Å². The molecule has 2 rings (SSSR count). The normalized spacial score (nSPS) is 10.4. The van der Waals surface area contributed by atoms with Gasteiger partial charge in [0.2, 0.25) is 5.78 Å². The quantitative estimate of drug-likeness (QED) is 0.647. The summed E-state index contributed by atoms with van der Waals surface area (Å²) < 4.78 is 1.68. The van der Waals surface area contributed by atoms with Crippen molar-refractivity contribution in [2.75, 3.05) is 5.73 Å². The standard InChI is InChI=1S/C11H7Br2NOS/c12-6-1-2-7(9(14)5-6)10(15)11-8(13)3-4-16-11/h1-5H,14H2. The van der Waals surface area contributed by atoms with E-state index in [1.54, 1.807) is 12.1 Å². The molecule has 0 unspecified atom stereocenters.